The Balaban J connectivity index is 1.47. The third-order valence-electron chi connectivity index (χ3n) is 4.76. The summed E-state index contributed by atoms with van der Waals surface area (Å²) in [4.78, 5) is 37.7. The van der Waals surface area contributed by atoms with Gasteiger partial charge in [-0.25, -0.2) is 4.79 Å². The Morgan fingerprint density at radius 1 is 0.944 bits per heavy atom. The molecule has 0 spiro atoms. The summed E-state index contributed by atoms with van der Waals surface area (Å²) < 4.78 is 10.7. The van der Waals surface area contributed by atoms with Crippen LogP contribution in [-0.4, -0.2) is 34.6 Å². The topological polar surface area (TPSA) is 123 Å². The zero-order valence-electron chi connectivity index (χ0n) is 19.5. The molecule has 2 heterocycles. The normalized spacial score (nSPS) is 10.4. The van der Waals surface area contributed by atoms with E-state index in [0.29, 0.717) is 16.1 Å². The highest BCUT2D eigenvalue weighted by Gasteiger charge is 2.24. The van der Waals surface area contributed by atoms with Crippen molar-refractivity contribution in [3.8, 4) is 22.6 Å². The second-order valence-electron chi connectivity index (χ2n) is 7.83. The van der Waals surface area contributed by atoms with Gasteiger partial charge in [0.05, 0.1) is 0 Å². The third kappa shape index (κ3) is 6.10. The lowest BCUT2D eigenvalue weighted by molar-refractivity contribution is -0.119. The smallest absolute Gasteiger partial charge is 0.342 e. The van der Waals surface area contributed by atoms with E-state index < -0.39 is 18.5 Å². The molecule has 2 N–H and O–H groups in total. The molecule has 36 heavy (non-hydrogen) atoms. The molecule has 182 valence electrons. The van der Waals surface area contributed by atoms with Crippen LogP contribution in [0.5, 0.6) is 0 Å². The van der Waals surface area contributed by atoms with E-state index in [0.717, 1.165) is 11.1 Å². The summed E-state index contributed by atoms with van der Waals surface area (Å²) in [5.74, 6) is -1.54. The minimum absolute atomic E-state index is 0.120. The van der Waals surface area contributed by atoms with Crippen molar-refractivity contribution in [2.24, 2.45) is 0 Å². The highest BCUT2D eigenvalue weighted by atomic mass is 32.1. The van der Waals surface area contributed by atoms with E-state index in [4.69, 9.17) is 9.15 Å². The van der Waals surface area contributed by atoms with Crippen molar-refractivity contribution in [3.05, 3.63) is 83.3 Å². The number of nitrogens with one attached hydrogen (secondary N) is 2. The number of nitrogens with zero attached hydrogens (tertiary/aromatic N) is 2. The van der Waals surface area contributed by atoms with E-state index in [1.54, 1.807) is 31.4 Å². The molecule has 0 fully saturated rings. The zero-order valence-corrected chi connectivity index (χ0v) is 20.3. The number of anilines is 2. The number of carbonyl (C=O) groups is 3. The molecule has 10 heteroatoms. The fourth-order valence-corrected chi connectivity index (χ4v) is 4.18. The van der Waals surface area contributed by atoms with Crippen LogP contribution in [0.2, 0.25) is 0 Å². The number of allylic oxidation sites excluding steroid dienone is 1. The predicted molar refractivity (Wildman–Crippen MR) is 136 cm³/mol. The maximum Gasteiger partial charge on any atom is 0.342 e. The minimum Gasteiger partial charge on any atom is -0.452 e. The van der Waals surface area contributed by atoms with Crippen LogP contribution < -0.4 is 10.6 Å². The van der Waals surface area contributed by atoms with Gasteiger partial charge in [-0.05, 0) is 31.5 Å². The molecular weight excluding hydrogens is 480 g/mol. The van der Waals surface area contributed by atoms with Gasteiger partial charge < -0.3 is 14.5 Å². The minimum atomic E-state index is -0.756. The Hall–Kier alpha value is -4.57. The van der Waals surface area contributed by atoms with E-state index in [9.17, 15) is 14.4 Å². The summed E-state index contributed by atoms with van der Waals surface area (Å²) in [6.45, 7) is 3.00. The molecule has 0 saturated carbocycles. The van der Waals surface area contributed by atoms with Crippen LogP contribution in [0.1, 0.15) is 24.2 Å². The predicted octanol–water partition coefficient (Wildman–Crippen LogP) is 5.17. The summed E-state index contributed by atoms with van der Waals surface area (Å²) in [6.07, 6.45) is 1.43. The Bertz CT molecular complexity index is 1410. The van der Waals surface area contributed by atoms with Gasteiger partial charge in [-0.15, -0.1) is 16.4 Å². The van der Waals surface area contributed by atoms with Crippen molar-refractivity contribution in [2.75, 3.05) is 17.2 Å². The van der Waals surface area contributed by atoms with Crippen LogP contribution in [-0.2, 0) is 14.3 Å². The average Bonchev–Trinajstić information content (AvgIpc) is 3.50. The number of rotatable bonds is 8. The van der Waals surface area contributed by atoms with E-state index in [2.05, 4.69) is 20.8 Å². The number of aromatic nitrogens is 2. The van der Waals surface area contributed by atoms with Crippen molar-refractivity contribution >= 4 is 40.1 Å². The van der Waals surface area contributed by atoms with E-state index in [-0.39, 0.29) is 23.4 Å². The van der Waals surface area contributed by atoms with E-state index >= 15 is 0 Å². The number of amides is 2. The molecule has 4 aromatic rings. The molecule has 0 aliphatic rings. The molecule has 0 aliphatic heterocycles. The number of hydrogen-bond donors (Lipinski definition) is 2. The van der Waals surface area contributed by atoms with Gasteiger partial charge in [0.25, 0.3) is 5.91 Å². The summed E-state index contributed by atoms with van der Waals surface area (Å²) in [6, 6.07) is 18.2. The van der Waals surface area contributed by atoms with Crippen molar-refractivity contribution in [1.82, 2.24) is 10.2 Å². The molecule has 0 atom stereocenters. The summed E-state index contributed by atoms with van der Waals surface area (Å²) >= 11 is 1.20. The van der Waals surface area contributed by atoms with Crippen molar-refractivity contribution in [3.63, 3.8) is 0 Å². The van der Waals surface area contributed by atoms with Crippen LogP contribution in [0.25, 0.3) is 22.6 Å². The van der Waals surface area contributed by atoms with Gasteiger partial charge in [-0.3, -0.25) is 14.9 Å². The SMILES string of the molecule is CC(C)=CC(=O)Nc1scc(-c2ccccc2)c1C(=O)OCC(=O)Nc1nnc(-c2ccccc2)o1. The summed E-state index contributed by atoms with van der Waals surface area (Å²) in [7, 11) is 0. The number of hydrogen-bond acceptors (Lipinski definition) is 8. The summed E-state index contributed by atoms with van der Waals surface area (Å²) in [5, 5.41) is 14.9. The first-order valence-electron chi connectivity index (χ1n) is 10.9. The molecule has 9 nitrogen and oxygen atoms in total. The molecule has 0 bridgehead atoms. The second kappa shape index (κ2) is 11.2. The molecule has 0 unspecified atom stereocenters. The fraction of sp³-hybridized carbons (Fsp3) is 0.115. The van der Waals surface area contributed by atoms with Crippen LogP contribution in [0.4, 0.5) is 11.0 Å². The van der Waals surface area contributed by atoms with Crippen LogP contribution >= 0.6 is 11.3 Å². The Kier molecular flexibility index (Phi) is 7.66. The van der Waals surface area contributed by atoms with Crippen LogP contribution in [0.15, 0.2) is 82.1 Å². The first-order valence-corrected chi connectivity index (χ1v) is 11.8. The van der Waals surface area contributed by atoms with Gasteiger partial charge in [-0.1, -0.05) is 59.2 Å². The number of benzene rings is 2. The van der Waals surface area contributed by atoms with Gasteiger partial charge in [0.2, 0.25) is 11.8 Å². The molecule has 4 rings (SSSR count). The second-order valence-corrected chi connectivity index (χ2v) is 8.71. The number of ether oxygens (including phenoxy) is 1. The number of esters is 1. The molecule has 2 aromatic heterocycles. The van der Waals surface area contributed by atoms with Crippen molar-refractivity contribution in [1.29, 1.82) is 0 Å². The van der Waals surface area contributed by atoms with Crippen LogP contribution in [0, 0.1) is 0 Å². The van der Waals surface area contributed by atoms with E-state index in [1.165, 1.54) is 17.4 Å². The van der Waals surface area contributed by atoms with Crippen LogP contribution in [0.3, 0.4) is 0 Å². The lowest BCUT2D eigenvalue weighted by Gasteiger charge is -2.09. The van der Waals surface area contributed by atoms with Gasteiger partial charge in [0.15, 0.2) is 6.61 Å². The van der Waals surface area contributed by atoms with Gasteiger partial charge in [0.1, 0.15) is 10.6 Å². The quantitative estimate of drug-likeness (QED) is 0.252. The Labute approximate surface area is 210 Å². The van der Waals surface area contributed by atoms with Crippen molar-refractivity contribution < 1.29 is 23.5 Å². The average molecular weight is 503 g/mol. The van der Waals surface area contributed by atoms with Gasteiger partial charge >= 0.3 is 12.0 Å². The number of carbonyl (C=O) groups excluding carboxylic acids is 3. The highest BCUT2D eigenvalue weighted by Crippen LogP contribution is 2.36. The molecule has 2 aromatic carbocycles. The van der Waals surface area contributed by atoms with Gasteiger partial charge in [-0.2, -0.15) is 0 Å². The summed E-state index contributed by atoms with van der Waals surface area (Å²) in [5.41, 5.74) is 3.03. The molecule has 0 aliphatic carbocycles. The largest absolute Gasteiger partial charge is 0.452 e. The standard InChI is InChI=1S/C26H22N4O5S/c1-16(2)13-20(31)27-24-22(19(15-36-24)17-9-5-3-6-10-17)25(33)34-14-21(32)28-26-30-29-23(35-26)18-11-7-4-8-12-18/h3-13,15H,14H2,1-2H3,(H,27,31)(H,28,30,32). The van der Waals surface area contributed by atoms with E-state index in [1.807, 2.05) is 48.5 Å². The Morgan fingerprint density at radius 3 is 2.28 bits per heavy atom. The molecule has 2 amide bonds. The molecule has 0 radical (unpaired) electrons. The third-order valence-corrected chi connectivity index (χ3v) is 5.66. The Morgan fingerprint density at radius 2 is 1.61 bits per heavy atom. The first kappa shape index (κ1) is 24.6. The molecule has 0 saturated heterocycles. The van der Waals surface area contributed by atoms with Crippen molar-refractivity contribution in [2.45, 2.75) is 13.8 Å². The highest BCUT2D eigenvalue weighted by molar-refractivity contribution is 7.15. The maximum absolute atomic E-state index is 13.1. The number of thiophene rings is 1. The maximum atomic E-state index is 13.1. The van der Waals surface area contributed by atoms with Gasteiger partial charge in [0, 0.05) is 22.6 Å². The fourth-order valence-electron chi connectivity index (χ4n) is 3.22. The lowest BCUT2D eigenvalue weighted by Crippen LogP contribution is -2.22. The first-order chi connectivity index (χ1) is 17.4. The molecular formula is C26H22N4O5S. The monoisotopic (exact) mass is 502 g/mol. The lowest BCUT2D eigenvalue weighted by atomic mass is 10.0. The zero-order chi connectivity index (χ0) is 25.5.